The Kier molecular flexibility index (Phi) is 3.15. The molecule has 14 heavy (non-hydrogen) atoms. The van der Waals surface area contributed by atoms with Gasteiger partial charge in [-0.25, -0.2) is 9.99 Å². The average Bonchev–Trinajstić information content (AvgIpc) is 2.20. The number of hydrogen-bond donors (Lipinski definition) is 1. The average molecular weight is 256 g/mol. The smallest absolute Gasteiger partial charge is 0.106 e. The molecule has 0 saturated carbocycles. The molecule has 0 unspecified atom stereocenters. The molecule has 0 aromatic carbocycles. The Labute approximate surface area is 92.4 Å². The Balaban J connectivity index is 2.16. The van der Waals surface area contributed by atoms with Crippen molar-refractivity contribution in [3.8, 4) is 0 Å². The van der Waals surface area contributed by atoms with Crippen LogP contribution in [0.3, 0.4) is 0 Å². The van der Waals surface area contributed by atoms with E-state index in [0.29, 0.717) is 6.04 Å². The first-order valence-electron chi connectivity index (χ1n) is 4.90. The molecule has 2 rings (SSSR count). The molecule has 76 valence electrons. The third-order valence-corrected chi connectivity index (χ3v) is 3.15. The summed E-state index contributed by atoms with van der Waals surface area (Å²) in [6, 6.07) is 4.41. The molecule has 0 amide bonds. The van der Waals surface area contributed by atoms with Crippen LogP contribution < -0.4 is 5.84 Å². The van der Waals surface area contributed by atoms with Gasteiger partial charge in [-0.1, -0.05) is 12.5 Å². The van der Waals surface area contributed by atoms with Gasteiger partial charge in [-0.05, 0) is 40.4 Å². The number of piperidine rings is 1. The number of hydrazine groups is 1. The van der Waals surface area contributed by atoms with Crippen LogP contribution in [0.5, 0.6) is 0 Å². The minimum absolute atomic E-state index is 0.351. The van der Waals surface area contributed by atoms with Gasteiger partial charge in [-0.2, -0.15) is 0 Å². The second kappa shape index (κ2) is 4.38. The van der Waals surface area contributed by atoms with E-state index in [1.54, 1.807) is 0 Å². The van der Waals surface area contributed by atoms with Crippen LogP contribution in [-0.2, 0) is 0 Å². The fraction of sp³-hybridized carbons (Fsp3) is 0.500. The lowest BCUT2D eigenvalue weighted by Gasteiger charge is -2.31. The fourth-order valence-corrected chi connectivity index (χ4v) is 2.13. The first-order chi connectivity index (χ1) is 6.77. The summed E-state index contributed by atoms with van der Waals surface area (Å²) >= 11 is 3.33. The maximum atomic E-state index is 5.94. The minimum atomic E-state index is 0.351. The molecule has 4 heteroatoms. The van der Waals surface area contributed by atoms with E-state index in [0.717, 1.165) is 17.6 Å². The van der Waals surface area contributed by atoms with E-state index in [-0.39, 0.29) is 0 Å². The van der Waals surface area contributed by atoms with Gasteiger partial charge in [0.2, 0.25) is 0 Å². The van der Waals surface area contributed by atoms with Crippen molar-refractivity contribution in [3.05, 3.63) is 28.5 Å². The van der Waals surface area contributed by atoms with Crippen LogP contribution >= 0.6 is 15.9 Å². The van der Waals surface area contributed by atoms with E-state index in [2.05, 4.69) is 27.0 Å². The zero-order chi connectivity index (χ0) is 9.97. The molecule has 3 nitrogen and oxygen atoms in total. The van der Waals surface area contributed by atoms with E-state index in [1.807, 2.05) is 17.3 Å². The highest BCUT2D eigenvalue weighted by Gasteiger charge is 2.21. The van der Waals surface area contributed by atoms with Crippen LogP contribution in [0.25, 0.3) is 0 Å². The highest BCUT2D eigenvalue weighted by molar-refractivity contribution is 9.10. The second-order valence-electron chi connectivity index (χ2n) is 3.66. The molecule has 1 aromatic rings. The van der Waals surface area contributed by atoms with Crippen molar-refractivity contribution in [2.24, 2.45) is 5.84 Å². The molecule has 1 atom stereocenters. The molecule has 0 aliphatic carbocycles. The third-order valence-electron chi connectivity index (χ3n) is 2.68. The summed E-state index contributed by atoms with van der Waals surface area (Å²) in [5, 5.41) is 1.93. The van der Waals surface area contributed by atoms with Gasteiger partial charge in [0, 0.05) is 12.7 Å². The topological polar surface area (TPSA) is 42.1 Å². The Hall–Kier alpha value is -0.450. The highest BCUT2D eigenvalue weighted by atomic mass is 79.9. The maximum Gasteiger partial charge on any atom is 0.106 e. The lowest BCUT2D eigenvalue weighted by molar-refractivity contribution is 0.151. The van der Waals surface area contributed by atoms with Gasteiger partial charge in [-0.15, -0.1) is 0 Å². The van der Waals surface area contributed by atoms with Crippen molar-refractivity contribution in [2.75, 3.05) is 6.54 Å². The summed E-state index contributed by atoms with van der Waals surface area (Å²) in [6.07, 6.45) is 5.51. The molecular weight excluding hydrogens is 242 g/mol. The van der Waals surface area contributed by atoms with E-state index >= 15 is 0 Å². The second-order valence-corrected chi connectivity index (χ2v) is 4.48. The first-order valence-corrected chi connectivity index (χ1v) is 5.69. The zero-order valence-electron chi connectivity index (χ0n) is 7.99. The van der Waals surface area contributed by atoms with Crippen LogP contribution in [0.15, 0.2) is 22.9 Å². The van der Waals surface area contributed by atoms with Crippen LogP contribution in [0.1, 0.15) is 30.9 Å². The van der Waals surface area contributed by atoms with Gasteiger partial charge in [0.05, 0.1) is 6.04 Å². The normalized spacial score (nSPS) is 23.7. The van der Waals surface area contributed by atoms with E-state index in [1.165, 1.54) is 18.4 Å². The van der Waals surface area contributed by atoms with Crippen LogP contribution in [0.2, 0.25) is 0 Å². The summed E-state index contributed by atoms with van der Waals surface area (Å²) in [5.41, 5.74) is 1.22. The van der Waals surface area contributed by atoms with Gasteiger partial charge in [-0.3, -0.25) is 5.84 Å². The van der Waals surface area contributed by atoms with Gasteiger partial charge < -0.3 is 0 Å². The van der Waals surface area contributed by atoms with E-state index in [9.17, 15) is 0 Å². The summed E-state index contributed by atoms with van der Waals surface area (Å²) in [5.74, 6) is 5.94. The Bertz CT molecular complexity index is 299. The number of nitrogens with two attached hydrogens (primary N) is 1. The van der Waals surface area contributed by atoms with E-state index in [4.69, 9.17) is 5.84 Å². The Morgan fingerprint density at radius 1 is 1.43 bits per heavy atom. The van der Waals surface area contributed by atoms with Gasteiger partial charge >= 0.3 is 0 Å². The van der Waals surface area contributed by atoms with Gasteiger partial charge in [0.15, 0.2) is 0 Å². The maximum absolute atomic E-state index is 5.94. The molecule has 1 saturated heterocycles. The van der Waals surface area contributed by atoms with Crippen LogP contribution in [0.4, 0.5) is 0 Å². The van der Waals surface area contributed by atoms with Crippen molar-refractivity contribution in [3.63, 3.8) is 0 Å². The Morgan fingerprint density at radius 2 is 2.29 bits per heavy atom. The Morgan fingerprint density at radius 3 is 2.93 bits per heavy atom. The summed E-state index contributed by atoms with van der Waals surface area (Å²) in [6.45, 7) is 0.987. The summed E-state index contributed by atoms with van der Waals surface area (Å²) in [4.78, 5) is 4.22. The van der Waals surface area contributed by atoms with Crippen molar-refractivity contribution in [1.29, 1.82) is 0 Å². The van der Waals surface area contributed by atoms with Crippen LogP contribution in [0, 0.1) is 0 Å². The van der Waals surface area contributed by atoms with Gasteiger partial charge in [0.25, 0.3) is 0 Å². The summed E-state index contributed by atoms with van der Waals surface area (Å²) in [7, 11) is 0. The molecule has 0 spiro atoms. The molecule has 0 bridgehead atoms. The number of pyridine rings is 1. The predicted molar refractivity (Wildman–Crippen MR) is 59.4 cm³/mol. The highest BCUT2D eigenvalue weighted by Crippen LogP contribution is 2.28. The number of halogens is 1. The SMILES string of the molecule is NN1CCCC[C@@H]1c1ccc(Br)nc1. The van der Waals surface area contributed by atoms with E-state index < -0.39 is 0 Å². The zero-order valence-corrected chi connectivity index (χ0v) is 9.57. The van der Waals surface area contributed by atoms with Crippen molar-refractivity contribution in [1.82, 2.24) is 9.99 Å². The van der Waals surface area contributed by atoms with Crippen molar-refractivity contribution < 1.29 is 0 Å². The summed E-state index contributed by atoms with van der Waals surface area (Å²) < 4.78 is 0.876. The van der Waals surface area contributed by atoms with Gasteiger partial charge in [0.1, 0.15) is 4.60 Å². The molecule has 1 aliphatic heterocycles. The molecule has 1 fully saturated rings. The number of nitrogens with zero attached hydrogens (tertiary/aromatic N) is 2. The molecule has 2 N–H and O–H groups in total. The number of aromatic nitrogens is 1. The first kappa shape index (κ1) is 10.1. The number of rotatable bonds is 1. The fourth-order valence-electron chi connectivity index (χ4n) is 1.90. The predicted octanol–water partition coefficient (Wildman–Crippen LogP) is 2.24. The minimum Gasteiger partial charge on any atom is -0.268 e. The third kappa shape index (κ3) is 2.13. The molecule has 0 radical (unpaired) electrons. The standard InChI is InChI=1S/C10H14BrN3/c11-10-5-4-8(7-13-10)9-3-1-2-6-14(9)12/h4-5,7,9H,1-3,6,12H2/t9-/m1/s1. The largest absolute Gasteiger partial charge is 0.268 e. The monoisotopic (exact) mass is 255 g/mol. The van der Waals surface area contributed by atoms with Crippen molar-refractivity contribution in [2.45, 2.75) is 25.3 Å². The van der Waals surface area contributed by atoms with Crippen molar-refractivity contribution >= 4 is 15.9 Å². The molecule has 1 aliphatic rings. The van der Waals surface area contributed by atoms with Crippen LogP contribution in [-0.4, -0.2) is 16.5 Å². The lowest BCUT2D eigenvalue weighted by Crippen LogP contribution is -2.38. The molecule has 1 aromatic heterocycles. The quantitative estimate of drug-likeness (QED) is 0.619. The lowest BCUT2D eigenvalue weighted by atomic mass is 9.98. The number of hydrogen-bond acceptors (Lipinski definition) is 3. The molecular formula is C10H14BrN3. The molecule has 2 heterocycles.